The minimum Gasteiger partial charge on any atom is -0.477 e. The lowest BCUT2D eigenvalue weighted by atomic mass is 9.77. The molecule has 0 saturated carbocycles. The summed E-state index contributed by atoms with van der Waals surface area (Å²) in [4.78, 5) is 63.1. The van der Waals surface area contributed by atoms with Crippen LogP contribution in [0.4, 0.5) is 5.13 Å². The second kappa shape index (κ2) is 15.9. The molecule has 12 nitrogen and oxygen atoms in total. The van der Waals surface area contributed by atoms with Crippen molar-refractivity contribution in [3.8, 4) is 0 Å². The Morgan fingerprint density at radius 2 is 1.53 bits per heavy atom. The van der Waals surface area contributed by atoms with Crippen LogP contribution in [0.3, 0.4) is 0 Å². The number of aliphatic carboxylic acids is 1. The van der Waals surface area contributed by atoms with Gasteiger partial charge in [-0.1, -0.05) is 112 Å². The molecule has 0 bridgehead atoms. The molecule has 1 aromatic heterocycles. The number of nitrogens with zero attached hydrogens (tertiary/aromatic N) is 3. The fraction of sp³-hybridized carbons (Fsp3) is 0.263. The van der Waals surface area contributed by atoms with Crippen molar-refractivity contribution in [2.45, 2.75) is 43.3 Å². The van der Waals surface area contributed by atoms with E-state index < -0.39 is 52.9 Å². The van der Waals surface area contributed by atoms with Crippen molar-refractivity contribution in [3.63, 3.8) is 0 Å². The number of amides is 2. The van der Waals surface area contributed by atoms with Gasteiger partial charge >= 0.3 is 11.9 Å². The normalized spacial score (nSPS) is 17.4. The van der Waals surface area contributed by atoms with Crippen LogP contribution in [0.15, 0.2) is 113 Å². The minimum atomic E-state index is -1.22. The number of esters is 1. The van der Waals surface area contributed by atoms with Gasteiger partial charge in [0.15, 0.2) is 10.8 Å². The monoisotopic (exact) mass is 817 g/mol. The van der Waals surface area contributed by atoms with E-state index in [-0.39, 0.29) is 17.1 Å². The highest BCUT2D eigenvalue weighted by molar-refractivity contribution is 9.09. The van der Waals surface area contributed by atoms with Crippen LogP contribution in [-0.4, -0.2) is 79.2 Å². The summed E-state index contributed by atoms with van der Waals surface area (Å²) in [6, 6.07) is 28.8. The van der Waals surface area contributed by atoms with E-state index in [1.165, 1.54) is 28.0 Å². The average Bonchev–Trinajstić information content (AvgIpc) is 3.61. The fourth-order valence-corrected chi connectivity index (χ4v) is 8.93. The molecule has 1 saturated heterocycles. The zero-order chi connectivity index (χ0) is 37.8. The number of rotatable bonds is 13. The summed E-state index contributed by atoms with van der Waals surface area (Å²) in [5.74, 6) is -2.92. The summed E-state index contributed by atoms with van der Waals surface area (Å²) < 4.78 is 5.32. The number of halogens is 1. The van der Waals surface area contributed by atoms with Crippen LogP contribution in [0.5, 0.6) is 0 Å². The van der Waals surface area contributed by atoms with E-state index >= 15 is 0 Å². The van der Waals surface area contributed by atoms with Gasteiger partial charge in [-0.15, -0.1) is 23.1 Å². The van der Waals surface area contributed by atoms with Crippen LogP contribution in [0.1, 0.15) is 43.2 Å². The molecule has 0 aliphatic carbocycles. The van der Waals surface area contributed by atoms with Crippen molar-refractivity contribution in [2.75, 3.05) is 23.0 Å². The zero-order valence-electron chi connectivity index (χ0n) is 28.9. The third-order valence-electron chi connectivity index (χ3n) is 8.33. The summed E-state index contributed by atoms with van der Waals surface area (Å²) >= 11 is 5.88. The molecule has 3 heterocycles. The van der Waals surface area contributed by atoms with Crippen LogP contribution in [0.2, 0.25) is 0 Å². The first kappa shape index (κ1) is 37.8. The third kappa shape index (κ3) is 8.01. The number of β-lactam (4-membered cyclic amide) rings is 1. The summed E-state index contributed by atoms with van der Waals surface area (Å²) in [5, 5.41) is 22.0. The number of hydrogen-bond donors (Lipinski definition) is 3. The van der Waals surface area contributed by atoms with Gasteiger partial charge in [0.05, 0.1) is 0 Å². The topological polar surface area (TPSA) is 160 Å². The van der Waals surface area contributed by atoms with Crippen LogP contribution in [-0.2, 0) is 34.3 Å². The summed E-state index contributed by atoms with van der Waals surface area (Å²) in [6.45, 7) is 4.56. The van der Waals surface area contributed by atoms with Gasteiger partial charge in [-0.25, -0.2) is 14.6 Å². The van der Waals surface area contributed by atoms with Gasteiger partial charge in [-0.3, -0.25) is 14.5 Å². The molecule has 53 heavy (non-hydrogen) atoms. The van der Waals surface area contributed by atoms with Crippen molar-refractivity contribution >= 4 is 73.6 Å². The maximum atomic E-state index is 14.0. The van der Waals surface area contributed by atoms with Gasteiger partial charge < -0.3 is 25.3 Å². The molecule has 1 fully saturated rings. The largest absolute Gasteiger partial charge is 0.477 e. The first-order chi connectivity index (χ1) is 25.4. The van der Waals surface area contributed by atoms with E-state index in [9.17, 15) is 24.3 Å². The Hall–Kier alpha value is -4.99. The molecule has 0 unspecified atom stereocenters. The smallest absolute Gasteiger partial charge is 0.352 e. The van der Waals surface area contributed by atoms with Crippen molar-refractivity contribution < 1.29 is 33.9 Å². The van der Waals surface area contributed by atoms with Crippen LogP contribution >= 0.6 is 39.0 Å². The van der Waals surface area contributed by atoms with Crippen molar-refractivity contribution in [1.82, 2.24) is 15.2 Å². The van der Waals surface area contributed by atoms with E-state index in [1.54, 1.807) is 26.2 Å². The molecule has 0 spiro atoms. The number of aromatic nitrogens is 1. The molecule has 15 heteroatoms. The number of alkyl halides is 1. The molecule has 4 aromatic rings. The van der Waals surface area contributed by atoms with Crippen molar-refractivity contribution in [1.29, 1.82) is 0 Å². The molecular weight excluding hydrogens is 782 g/mol. The first-order valence-corrected chi connectivity index (χ1v) is 19.6. The van der Waals surface area contributed by atoms with Crippen LogP contribution in [0.25, 0.3) is 0 Å². The van der Waals surface area contributed by atoms with Crippen molar-refractivity contribution in [3.05, 3.63) is 130 Å². The molecule has 2 aliphatic heterocycles. The summed E-state index contributed by atoms with van der Waals surface area (Å²) in [5.41, 5.74) is 1.45. The number of carbonyl (C=O) groups excluding carboxylic acids is 3. The Bertz CT molecular complexity index is 1960. The van der Waals surface area contributed by atoms with E-state index in [0.717, 1.165) is 16.7 Å². The molecule has 3 N–H and O–H groups in total. The van der Waals surface area contributed by atoms with E-state index in [4.69, 9.17) is 14.6 Å². The van der Waals surface area contributed by atoms with E-state index in [0.29, 0.717) is 21.8 Å². The van der Waals surface area contributed by atoms with Gasteiger partial charge in [-0.05, 0) is 43.0 Å². The predicted octanol–water partition coefficient (Wildman–Crippen LogP) is 5.74. The average molecular weight is 819 g/mol. The van der Waals surface area contributed by atoms with Gasteiger partial charge in [0.25, 0.3) is 11.8 Å². The van der Waals surface area contributed by atoms with Gasteiger partial charge in [0.1, 0.15) is 33.9 Å². The summed E-state index contributed by atoms with van der Waals surface area (Å²) in [7, 11) is 0. The Balaban J connectivity index is 1.34. The number of ether oxygens (including phenoxy) is 1. The SMILES string of the molecule is CC(C)(C)OC(=O)CO/N=C(\C(=O)N[C@@H]1C(=O)N2C(C(=O)O)=C(CBr)CS[C@H]12)c1csc(NC(c2ccccc2)(c2ccccc2)c2ccccc2)n1. The number of nitrogens with one attached hydrogen (secondary N) is 2. The molecule has 2 amide bonds. The van der Waals surface area contributed by atoms with Crippen LogP contribution < -0.4 is 10.6 Å². The van der Waals surface area contributed by atoms with E-state index in [2.05, 4.69) is 31.7 Å². The maximum Gasteiger partial charge on any atom is 0.352 e. The van der Waals surface area contributed by atoms with Gasteiger partial charge in [-0.2, -0.15) is 0 Å². The minimum absolute atomic E-state index is 0.0929. The Morgan fingerprint density at radius 3 is 2.04 bits per heavy atom. The highest BCUT2D eigenvalue weighted by atomic mass is 79.9. The van der Waals surface area contributed by atoms with Crippen molar-refractivity contribution in [2.24, 2.45) is 5.16 Å². The zero-order valence-corrected chi connectivity index (χ0v) is 32.2. The molecule has 274 valence electrons. The molecule has 6 rings (SSSR count). The number of hydrogen-bond acceptors (Lipinski definition) is 11. The Kier molecular flexibility index (Phi) is 11.4. The second-order valence-corrected chi connectivity index (χ2v) is 15.6. The number of carboxylic acids is 1. The molecular formula is C38H36BrN5O7S2. The first-order valence-electron chi connectivity index (χ1n) is 16.5. The number of anilines is 1. The molecule has 3 aromatic carbocycles. The number of fused-ring (bicyclic) bond motifs is 1. The number of thiazole rings is 1. The maximum absolute atomic E-state index is 14.0. The lowest BCUT2D eigenvalue weighted by molar-refractivity contribution is -0.160. The van der Waals surface area contributed by atoms with Gasteiger partial charge in [0.2, 0.25) is 6.61 Å². The molecule has 0 radical (unpaired) electrons. The van der Waals surface area contributed by atoms with Gasteiger partial charge in [0, 0.05) is 16.5 Å². The lowest BCUT2D eigenvalue weighted by Crippen LogP contribution is -2.71. The number of benzene rings is 3. The predicted molar refractivity (Wildman–Crippen MR) is 207 cm³/mol. The van der Waals surface area contributed by atoms with Crippen LogP contribution in [0, 0.1) is 0 Å². The standard InChI is InChI=1S/C38H36BrN5O7S2/c1-37(2,3)51-28(45)20-50-43-29(32(46)41-30-33(47)44-31(35(48)49)23(19-39)21-52-34(30)44)27-22-53-36(40-27)42-38(24-13-7-4-8-14-24,25-15-9-5-10-16-25)26-17-11-6-12-18-26/h4-18,22,30,34H,19-21H2,1-3H3,(H,40,42)(H,41,46)(H,48,49)/b43-29-/t30-,34-/m1/s1. The number of thioether (sulfide) groups is 1. The highest BCUT2D eigenvalue weighted by Gasteiger charge is 2.54. The fourth-order valence-electron chi connectivity index (χ4n) is 6.10. The quantitative estimate of drug-likeness (QED) is 0.0379. The lowest BCUT2D eigenvalue weighted by Gasteiger charge is -2.49. The molecule has 2 aliphatic rings. The number of oxime groups is 1. The highest BCUT2D eigenvalue weighted by Crippen LogP contribution is 2.42. The Labute approximate surface area is 322 Å². The van der Waals surface area contributed by atoms with E-state index in [1.807, 2.05) is 91.0 Å². The molecule has 2 atom stereocenters. The third-order valence-corrected chi connectivity index (χ3v) is 11.1. The number of carboxylic acid groups (broad SMARTS) is 1. The number of carbonyl (C=O) groups is 4. The Morgan fingerprint density at radius 1 is 0.962 bits per heavy atom. The summed E-state index contributed by atoms with van der Waals surface area (Å²) in [6.07, 6.45) is 0. The second-order valence-electron chi connectivity index (χ2n) is 13.1.